The van der Waals surface area contributed by atoms with Gasteiger partial charge in [0.2, 0.25) is 11.9 Å². The van der Waals surface area contributed by atoms with Crippen LogP contribution in [0.15, 0.2) is 41.4 Å². The first-order chi connectivity index (χ1) is 14.8. The smallest absolute Gasteiger partial charge is 0.258 e. The molecule has 1 aliphatic rings. The van der Waals surface area contributed by atoms with Crippen molar-refractivity contribution >= 4 is 23.5 Å². The molecule has 3 rings (SSSR count). The van der Waals surface area contributed by atoms with Crippen LogP contribution >= 0.6 is 0 Å². The van der Waals surface area contributed by atoms with Crippen LogP contribution in [0, 0.1) is 20.8 Å². The minimum atomic E-state index is -0.224. The average Bonchev–Trinajstić information content (AvgIpc) is 2.75. The second-order valence-electron chi connectivity index (χ2n) is 7.85. The van der Waals surface area contributed by atoms with Crippen molar-refractivity contribution in [2.75, 3.05) is 33.3 Å². The Morgan fingerprint density at radius 2 is 1.61 bits per heavy atom. The fraction of sp³-hybridized carbons (Fsp3) is 0.375. The van der Waals surface area contributed by atoms with Gasteiger partial charge in [-0.15, -0.1) is 0 Å². The van der Waals surface area contributed by atoms with Gasteiger partial charge in [0.05, 0.1) is 12.8 Å². The lowest BCUT2D eigenvalue weighted by atomic mass is 10.1. The van der Waals surface area contributed by atoms with Crippen molar-refractivity contribution < 1.29 is 14.3 Å². The summed E-state index contributed by atoms with van der Waals surface area (Å²) in [6.07, 6.45) is 0. The summed E-state index contributed by atoms with van der Waals surface area (Å²) in [5, 5.41) is 3.01. The van der Waals surface area contributed by atoms with Crippen LogP contribution in [-0.4, -0.2) is 60.9 Å². The van der Waals surface area contributed by atoms with Gasteiger partial charge in [-0.2, -0.15) is 0 Å². The number of amides is 2. The summed E-state index contributed by atoms with van der Waals surface area (Å²) in [6.45, 7) is 9.87. The van der Waals surface area contributed by atoms with E-state index in [1.54, 1.807) is 26.2 Å². The maximum atomic E-state index is 13.1. The van der Waals surface area contributed by atoms with Crippen LogP contribution < -0.4 is 10.1 Å². The molecule has 2 aromatic rings. The minimum absolute atomic E-state index is 0.0607. The SMILES string of the molecule is COc1ccc(C(=O)NC(=Nc2cc(C)ccc2C)N2CCN(C(C)=O)CC2)c(C)c1. The molecule has 1 N–H and O–H groups in total. The van der Waals surface area contributed by atoms with Crippen molar-refractivity contribution in [2.45, 2.75) is 27.7 Å². The van der Waals surface area contributed by atoms with E-state index >= 15 is 0 Å². The average molecular weight is 423 g/mol. The van der Waals surface area contributed by atoms with Crippen molar-refractivity contribution in [1.82, 2.24) is 15.1 Å². The van der Waals surface area contributed by atoms with E-state index < -0.39 is 0 Å². The highest BCUT2D eigenvalue weighted by molar-refractivity contribution is 6.07. The lowest BCUT2D eigenvalue weighted by molar-refractivity contribution is -0.130. The maximum absolute atomic E-state index is 13.1. The number of nitrogens with zero attached hydrogens (tertiary/aromatic N) is 3. The highest BCUT2D eigenvalue weighted by Crippen LogP contribution is 2.21. The fourth-order valence-electron chi connectivity index (χ4n) is 3.55. The van der Waals surface area contributed by atoms with Crippen LogP contribution in [0.25, 0.3) is 0 Å². The van der Waals surface area contributed by atoms with Gasteiger partial charge in [-0.25, -0.2) is 4.99 Å². The Morgan fingerprint density at radius 1 is 0.935 bits per heavy atom. The number of methoxy groups -OCH3 is 1. The van der Waals surface area contributed by atoms with Crippen LogP contribution in [0.4, 0.5) is 5.69 Å². The first-order valence-electron chi connectivity index (χ1n) is 10.4. The Labute approximate surface area is 183 Å². The third kappa shape index (κ3) is 5.42. The highest BCUT2D eigenvalue weighted by atomic mass is 16.5. The molecular weight excluding hydrogens is 392 g/mol. The summed E-state index contributed by atoms with van der Waals surface area (Å²) >= 11 is 0. The van der Waals surface area contributed by atoms with Crippen molar-refractivity contribution in [3.05, 3.63) is 58.7 Å². The molecule has 2 amide bonds. The van der Waals surface area contributed by atoms with E-state index in [4.69, 9.17) is 9.73 Å². The monoisotopic (exact) mass is 422 g/mol. The third-order valence-corrected chi connectivity index (χ3v) is 5.52. The van der Waals surface area contributed by atoms with Gasteiger partial charge in [0.25, 0.3) is 5.91 Å². The van der Waals surface area contributed by atoms with Gasteiger partial charge < -0.3 is 14.5 Å². The summed E-state index contributed by atoms with van der Waals surface area (Å²) < 4.78 is 5.24. The van der Waals surface area contributed by atoms with Crippen molar-refractivity contribution in [2.24, 2.45) is 4.99 Å². The molecule has 1 fully saturated rings. The first kappa shape index (κ1) is 22.3. The number of aliphatic imine (C=N–C) groups is 1. The molecule has 0 aliphatic carbocycles. The molecule has 0 bridgehead atoms. The van der Waals surface area contributed by atoms with E-state index in [-0.39, 0.29) is 11.8 Å². The number of carbonyl (C=O) groups excluding carboxylic acids is 2. The van der Waals surface area contributed by atoms with Crippen LogP contribution in [0.3, 0.4) is 0 Å². The topological polar surface area (TPSA) is 74.2 Å². The van der Waals surface area contributed by atoms with Crippen molar-refractivity contribution in [1.29, 1.82) is 0 Å². The predicted octanol–water partition coefficient (Wildman–Crippen LogP) is 3.20. The number of hydrogen-bond donors (Lipinski definition) is 1. The zero-order valence-electron chi connectivity index (χ0n) is 18.9. The number of ether oxygens (including phenoxy) is 1. The summed E-state index contributed by atoms with van der Waals surface area (Å²) in [6, 6.07) is 11.4. The van der Waals surface area contributed by atoms with Crippen LogP contribution in [0.1, 0.15) is 34.0 Å². The molecule has 0 saturated carbocycles. The van der Waals surface area contributed by atoms with E-state index in [0.717, 1.165) is 22.4 Å². The van der Waals surface area contributed by atoms with Crippen LogP contribution in [0.5, 0.6) is 5.75 Å². The second-order valence-corrected chi connectivity index (χ2v) is 7.85. The van der Waals surface area contributed by atoms with E-state index in [2.05, 4.69) is 5.32 Å². The zero-order chi connectivity index (χ0) is 22.5. The van der Waals surface area contributed by atoms with Gasteiger partial charge in [0.1, 0.15) is 5.75 Å². The number of guanidine groups is 1. The van der Waals surface area contributed by atoms with Crippen molar-refractivity contribution in [3.63, 3.8) is 0 Å². The minimum Gasteiger partial charge on any atom is -0.497 e. The molecule has 1 saturated heterocycles. The molecule has 1 aliphatic heterocycles. The Bertz CT molecular complexity index is 1010. The third-order valence-electron chi connectivity index (χ3n) is 5.52. The molecule has 7 heteroatoms. The molecule has 31 heavy (non-hydrogen) atoms. The number of piperazine rings is 1. The van der Waals surface area contributed by atoms with Crippen LogP contribution in [0.2, 0.25) is 0 Å². The molecule has 1 heterocycles. The lowest BCUT2D eigenvalue weighted by Crippen LogP contribution is -2.54. The van der Waals surface area contributed by atoms with Gasteiger partial charge >= 0.3 is 0 Å². The Hall–Kier alpha value is -3.35. The molecule has 7 nitrogen and oxygen atoms in total. The number of hydrogen-bond acceptors (Lipinski definition) is 4. The summed E-state index contributed by atoms with van der Waals surface area (Å²) in [5.41, 5.74) is 4.33. The number of carbonyl (C=O) groups is 2. The first-order valence-corrected chi connectivity index (χ1v) is 10.4. The molecule has 164 valence electrons. The Balaban J connectivity index is 1.90. The van der Waals surface area contributed by atoms with Crippen LogP contribution in [-0.2, 0) is 4.79 Å². The molecule has 2 aromatic carbocycles. The lowest BCUT2D eigenvalue weighted by Gasteiger charge is -2.36. The van der Waals surface area contributed by atoms with Gasteiger partial charge in [-0.3, -0.25) is 14.9 Å². The quantitative estimate of drug-likeness (QED) is 0.609. The predicted molar refractivity (Wildman–Crippen MR) is 122 cm³/mol. The molecule has 0 atom stereocenters. The number of rotatable bonds is 3. The van der Waals surface area contributed by atoms with Gasteiger partial charge in [0.15, 0.2) is 0 Å². The molecular formula is C24H30N4O3. The van der Waals surface area contributed by atoms with E-state index in [1.165, 1.54) is 0 Å². The van der Waals surface area contributed by atoms with E-state index in [1.807, 2.05) is 54.8 Å². The zero-order valence-corrected chi connectivity index (χ0v) is 18.9. The summed E-state index contributed by atoms with van der Waals surface area (Å²) in [7, 11) is 1.60. The highest BCUT2D eigenvalue weighted by Gasteiger charge is 2.23. The maximum Gasteiger partial charge on any atom is 0.258 e. The Kier molecular flexibility index (Phi) is 6.95. The second kappa shape index (κ2) is 9.64. The van der Waals surface area contributed by atoms with E-state index in [9.17, 15) is 9.59 Å². The standard InChI is InChI=1S/C24H30N4O3/c1-16-6-7-17(2)22(14-16)25-24(28-12-10-27(11-13-28)19(4)29)26-23(30)21-9-8-20(31-5)15-18(21)3/h6-9,14-15H,10-13H2,1-5H3,(H,25,26,30). The normalized spacial score (nSPS) is 14.4. The van der Waals surface area contributed by atoms with Gasteiger partial charge in [-0.1, -0.05) is 12.1 Å². The Morgan fingerprint density at radius 3 is 2.23 bits per heavy atom. The van der Waals surface area contributed by atoms with Gasteiger partial charge in [-0.05, 0) is 61.7 Å². The number of nitrogens with one attached hydrogen (secondary N) is 1. The number of benzene rings is 2. The van der Waals surface area contributed by atoms with Crippen molar-refractivity contribution in [3.8, 4) is 5.75 Å². The largest absolute Gasteiger partial charge is 0.497 e. The molecule has 0 unspecified atom stereocenters. The molecule has 0 radical (unpaired) electrons. The van der Waals surface area contributed by atoms with Gasteiger partial charge in [0, 0.05) is 38.7 Å². The van der Waals surface area contributed by atoms with E-state index in [0.29, 0.717) is 43.5 Å². The fourth-order valence-corrected chi connectivity index (χ4v) is 3.55. The summed E-state index contributed by atoms with van der Waals surface area (Å²) in [5.74, 6) is 1.04. The summed E-state index contributed by atoms with van der Waals surface area (Å²) in [4.78, 5) is 33.5. The molecule has 0 spiro atoms. The number of aryl methyl sites for hydroxylation is 3. The molecule has 0 aromatic heterocycles.